The number of pyridine rings is 2. The molecule has 0 radical (unpaired) electrons. The number of thiazole rings is 1. The molecule has 154 valence electrons. The van der Waals surface area contributed by atoms with E-state index >= 15 is 0 Å². The second-order valence-corrected chi connectivity index (χ2v) is 8.83. The lowest BCUT2D eigenvalue weighted by Gasteiger charge is -2.19. The first kappa shape index (κ1) is 19.4. The minimum absolute atomic E-state index is 0.0509. The zero-order valence-corrected chi connectivity index (χ0v) is 18.3. The van der Waals surface area contributed by atoms with E-state index in [9.17, 15) is 4.79 Å². The van der Waals surface area contributed by atoms with E-state index in [1.54, 1.807) is 28.6 Å². The van der Waals surface area contributed by atoms with Crippen LogP contribution in [0.2, 0.25) is 0 Å². The second kappa shape index (κ2) is 7.59. The number of rotatable bonds is 4. The SMILES string of the molecule is Cc1cn2c(CN(C)C(=O)c3cc(-c4cccnc4)nc4ccccc34)c(C)nc2s1. The van der Waals surface area contributed by atoms with Crippen LogP contribution in [0.3, 0.4) is 0 Å². The predicted octanol–water partition coefficient (Wildman–Crippen LogP) is 4.90. The van der Waals surface area contributed by atoms with Gasteiger partial charge in [-0.25, -0.2) is 9.97 Å². The third-order valence-electron chi connectivity index (χ3n) is 5.38. The number of benzene rings is 1. The number of carbonyl (C=O) groups is 1. The molecule has 6 nitrogen and oxygen atoms in total. The fraction of sp³-hybridized carbons (Fsp3) is 0.167. The molecule has 0 bridgehead atoms. The average molecular weight is 428 g/mol. The number of para-hydroxylation sites is 1. The number of fused-ring (bicyclic) bond motifs is 2. The molecule has 0 saturated carbocycles. The number of nitrogens with zero attached hydrogens (tertiary/aromatic N) is 5. The van der Waals surface area contributed by atoms with Gasteiger partial charge >= 0.3 is 0 Å². The summed E-state index contributed by atoms with van der Waals surface area (Å²) in [6.07, 6.45) is 5.57. The molecule has 0 N–H and O–H groups in total. The first-order valence-electron chi connectivity index (χ1n) is 10.0. The van der Waals surface area contributed by atoms with Gasteiger partial charge in [-0.05, 0) is 38.1 Å². The largest absolute Gasteiger partial charge is 0.336 e. The molecule has 5 aromatic rings. The molecular formula is C24H21N5OS. The van der Waals surface area contributed by atoms with E-state index in [0.29, 0.717) is 12.1 Å². The lowest BCUT2D eigenvalue weighted by molar-refractivity contribution is 0.0785. The third-order valence-corrected chi connectivity index (χ3v) is 6.28. The first-order valence-corrected chi connectivity index (χ1v) is 10.8. The molecule has 31 heavy (non-hydrogen) atoms. The Hall–Kier alpha value is -3.58. The van der Waals surface area contributed by atoms with Crippen molar-refractivity contribution in [1.29, 1.82) is 0 Å². The molecule has 0 atom stereocenters. The number of carbonyl (C=O) groups excluding carboxylic acids is 1. The van der Waals surface area contributed by atoms with Gasteiger partial charge in [0.25, 0.3) is 5.91 Å². The minimum Gasteiger partial charge on any atom is -0.336 e. The van der Waals surface area contributed by atoms with Gasteiger partial charge in [-0.15, -0.1) is 11.3 Å². The van der Waals surface area contributed by atoms with Crippen LogP contribution in [-0.4, -0.2) is 37.2 Å². The molecule has 0 aliphatic heterocycles. The summed E-state index contributed by atoms with van der Waals surface area (Å²) < 4.78 is 2.09. The smallest absolute Gasteiger partial charge is 0.254 e. The second-order valence-electron chi connectivity index (χ2n) is 7.61. The standard InChI is InChI=1S/C24H21N5OS/c1-15-13-29-22(16(2)26-24(29)31-15)14-28(3)23(30)19-11-21(17-7-6-10-25-12-17)27-20-9-5-4-8-18(19)20/h4-13H,14H2,1-3H3. The van der Waals surface area contributed by atoms with E-state index in [1.807, 2.05) is 56.4 Å². The van der Waals surface area contributed by atoms with Crippen molar-refractivity contribution in [3.05, 3.63) is 82.9 Å². The van der Waals surface area contributed by atoms with Crippen molar-refractivity contribution in [2.45, 2.75) is 20.4 Å². The number of aromatic nitrogens is 4. The van der Waals surface area contributed by atoms with Gasteiger partial charge in [0, 0.05) is 41.5 Å². The molecule has 0 spiro atoms. The highest BCUT2D eigenvalue weighted by atomic mass is 32.1. The highest BCUT2D eigenvalue weighted by Crippen LogP contribution is 2.26. The van der Waals surface area contributed by atoms with Crippen molar-refractivity contribution >= 4 is 33.1 Å². The van der Waals surface area contributed by atoms with Gasteiger partial charge in [-0.3, -0.25) is 14.2 Å². The van der Waals surface area contributed by atoms with Gasteiger partial charge in [0.1, 0.15) is 0 Å². The Labute approximate surface area is 183 Å². The van der Waals surface area contributed by atoms with Crippen molar-refractivity contribution in [1.82, 2.24) is 24.3 Å². The fourth-order valence-corrected chi connectivity index (χ4v) is 4.71. The van der Waals surface area contributed by atoms with Crippen LogP contribution in [0.25, 0.3) is 27.1 Å². The molecule has 0 saturated heterocycles. The topological polar surface area (TPSA) is 63.4 Å². The van der Waals surface area contributed by atoms with Crippen molar-refractivity contribution in [3.63, 3.8) is 0 Å². The van der Waals surface area contributed by atoms with Gasteiger partial charge in [0.15, 0.2) is 4.96 Å². The van der Waals surface area contributed by atoms with E-state index in [2.05, 4.69) is 27.5 Å². The van der Waals surface area contributed by atoms with Crippen LogP contribution in [0.4, 0.5) is 0 Å². The highest BCUT2D eigenvalue weighted by Gasteiger charge is 2.20. The highest BCUT2D eigenvalue weighted by molar-refractivity contribution is 7.17. The molecule has 1 amide bonds. The van der Waals surface area contributed by atoms with Crippen LogP contribution in [0.1, 0.15) is 26.6 Å². The summed E-state index contributed by atoms with van der Waals surface area (Å²) in [5, 5.41) is 0.841. The molecular weight excluding hydrogens is 406 g/mol. The van der Waals surface area contributed by atoms with E-state index < -0.39 is 0 Å². The number of hydrogen-bond donors (Lipinski definition) is 0. The molecule has 5 rings (SSSR count). The monoisotopic (exact) mass is 427 g/mol. The predicted molar refractivity (Wildman–Crippen MR) is 123 cm³/mol. The Bertz CT molecular complexity index is 1420. The summed E-state index contributed by atoms with van der Waals surface area (Å²) >= 11 is 1.65. The summed E-state index contributed by atoms with van der Waals surface area (Å²) in [5.74, 6) is -0.0509. The van der Waals surface area contributed by atoms with Crippen LogP contribution in [0, 0.1) is 13.8 Å². The number of hydrogen-bond acceptors (Lipinski definition) is 5. The van der Waals surface area contributed by atoms with E-state index in [0.717, 1.165) is 38.5 Å². The minimum atomic E-state index is -0.0509. The Kier molecular flexibility index (Phi) is 4.75. The molecule has 4 aromatic heterocycles. The maximum Gasteiger partial charge on any atom is 0.254 e. The van der Waals surface area contributed by atoms with Gasteiger partial charge in [-0.2, -0.15) is 0 Å². The van der Waals surface area contributed by atoms with Crippen LogP contribution < -0.4 is 0 Å². The lowest BCUT2D eigenvalue weighted by atomic mass is 10.0. The van der Waals surface area contributed by atoms with Gasteiger partial charge in [0.2, 0.25) is 0 Å². The molecule has 4 heterocycles. The molecule has 0 unspecified atom stereocenters. The van der Waals surface area contributed by atoms with E-state index in [1.165, 1.54) is 4.88 Å². The molecule has 0 fully saturated rings. The van der Waals surface area contributed by atoms with E-state index in [-0.39, 0.29) is 5.91 Å². The summed E-state index contributed by atoms with van der Waals surface area (Å²) in [6, 6.07) is 13.4. The first-order chi connectivity index (χ1) is 15.0. The summed E-state index contributed by atoms with van der Waals surface area (Å²) in [6.45, 7) is 4.53. The van der Waals surface area contributed by atoms with Crippen molar-refractivity contribution in [3.8, 4) is 11.3 Å². The summed E-state index contributed by atoms with van der Waals surface area (Å²) in [7, 11) is 1.83. The van der Waals surface area contributed by atoms with Gasteiger partial charge in [-0.1, -0.05) is 18.2 Å². The zero-order valence-electron chi connectivity index (χ0n) is 17.5. The van der Waals surface area contributed by atoms with Crippen LogP contribution in [-0.2, 0) is 6.54 Å². The van der Waals surface area contributed by atoms with Crippen molar-refractivity contribution < 1.29 is 4.79 Å². The fourth-order valence-electron chi connectivity index (χ4n) is 3.82. The average Bonchev–Trinajstić information content (AvgIpc) is 3.28. The maximum atomic E-state index is 13.6. The van der Waals surface area contributed by atoms with Crippen molar-refractivity contribution in [2.75, 3.05) is 7.05 Å². The Morgan fingerprint density at radius 1 is 1.13 bits per heavy atom. The van der Waals surface area contributed by atoms with Gasteiger partial charge < -0.3 is 4.90 Å². The number of aryl methyl sites for hydroxylation is 2. The quantitative estimate of drug-likeness (QED) is 0.409. The van der Waals surface area contributed by atoms with Crippen LogP contribution in [0.5, 0.6) is 0 Å². The molecule has 0 aliphatic carbocycles. The lowest BCUT2D eigenvalue weighted by Crippen LogP contribution is -2.27. The zero-order chi connectivity index (χ0) is 21.5. The summed E-state index contributed by atoms with van der Waals surface area (Å²) in [5.41, 5.74) is 5.01. The Balaban J connectivity index is 1.56. The Morgan fingerprint density at radius 3 is 2.77 bits per heavy atom. The maximum absolute atomic E-state index is 13.6. The van der Waals surface area contributed by atoms with Crippen LogP contribution in [0.15, 0.2) is 61.1 Å². The Morgan fingerprint density at radius 2 is 1.97 bits per heavy atom. The summed E-state index contributed by atoms with van der Waals surface area (Å²) in [4.78, 5) is 31.1. The molecule has 0 aliphatic rings. The number of amides is 1. The molecule has 1 aromatic carbocycles. The third kappa shape index (κ3) is 3.47. The normalized spacial score (nSPS) is 11.3. The van der Waals surface area contributed by atoms with Crippen molar-refractivity contribution in [2.24, 2.45) is 0 Å². The van der Waals surface area contributed by atoms with Gasteiger partial charge in [0.05, 0.1) is 34.7 Å². The molecule has 7 heteroatoms. The van der Waals surface area contributed by atoms with Crippen LogP contribution >= 0.6 is 11.3 Å². The van der Waals surface area contributed by atoms with E-state index in [4.69, 9.17) is 4.98 Å². The number of imidazole rings is 1.